The molecule has 0 aliphatic carbocycles. The third kappa shape index (κ3) is 1.46. The first-order chi connectivity index (χ1) is 6.49. The van der Waals surface area contributed by atoms with Gasteiger partial charge in [0.15, 0.2) is 17.4 Å². The van der Waals surface area contributed by atoms with E-state index in [1.54, 1.807) is 0 Å². The quantitative estimate of drug-likeness (QED) is 0.528. The van der Waals surface area contributed by atoms with Crippen LogP contribution in [-0.2, 0) is 4.74 Å². The van der Waals surface area contributed by atoms with Crippen LogP contribution in [0.2, 0.25) is 0 Å². The molecular formula is C8H7F2NO3. The topological polar surface area (TPSA) is 72.5 Å². The summed E-state index contributed by atoms with van der Waals surface area (Å²) in [4.78, 5) is 10.9. The van der Waals surface area contributed by atoms with Gasteiger partial charge in [0, 0.05) is 6.07 Å². The van der Waals surface area contributed by atoms with Gasteiger partial charge in [-0.25, -0.2) is 13.6 Å². The van der Waals surface area contributed by atoms with E-state index in [1.165, 1.54) is 0 Å². The smallest absolute Gasteiger partial charge is 0.344 e. The minimum atomic E-state index is -1.39. The van der Waals surface area contributed by atoms with Crippen molar-refractivity contribution in [3.05, 3.63) is 23.3 Å². The van der Waals surface area contributed by atoms with Gasteiger partial charge >= 0.3 is 5.97 Å². The third-order valence-electron chi connectivity index (χ3n) is 1.60. The van der Waals surface area contributed by atoms with Crippen LogP contribution in [-0.4, -0.2) is 18.2 Å². The molecular weight excluding hydrogens is 196 g/mol. The monoisotopic (exact) mass is 203 g/mol. The summed E-state index contributed by atoms with van der Waals surface area (Å²) in [6.07, 6.45) is 0. The largest absolute Gasteiger partial charge is 0.505 e. The molecule has 0 aromatic heterocycles. The number of rotatable bonds is 1. The first kappa shape index (κ1) is 10.2. The second-order valence-corrected chi connectivity index (χ2v) is 2.48. The van der Waals surface area contributed by atoms with Crippen molar-refractivity contribution in [2.24, 2.45) is 0 Å². The van der Waals surface area contributed by atoms with Gasteiger partial charge < -0.3 is 15.6 Å². The SMILES string of the molecule is COC(=O)c1c(F)c(N)cc(O)c1F. The molecule has 0 aliphatic rings. The molecule has 4 nitrogen and oxygen atoms in total. The lowest BCUT2D eigenvalue weighted by molar-refractivity contribution is 0.0589. The van der Waals surface area contributed by atoms with Crippen LogP contribution in [0.25, 0.3) is 0 Å². The molecule has 3 N–H and O–H groups in total. The normalized spacial score (nSPS) is 9.93. The van der Waals surface area contributed by atoms with Gasteiger partial charge in [-0.3, -0.25) is 0 Å². The number of carbonyl (C=O) groups excluding carboxylic acids is 1. The number of ether oxygens (including phenoxy) is 1. The summed E-state index contributed by atoms with van der Waals surface area (Å²) < 4.78 is 30.3. The van der Waals surface area contributed by atoms with E-state index < -0.39 is 34.6 Å². The first-order valence-corrected chi connectivity index (χ1v) is 3.53. The lowest BCUT2D eigenvalue weighted by Gasteiger charge is -2.06. The van der Waals surface area contributed by atoms with Crippen LogP contribution in [0.5, 0.6) is 5.75 Å². The van der Waals surface area contributed by atoms with Gasteiger partial charge in [0.25, 0.3) is 0 Å². The van der Waals surface area contributed by atoms with E-state index in [0.29, 0.717) is 6.07 Å². The van der Waals surface area contributed by atoms with Crippen molar-refractivity contribution >= 4 is 11.7 Å². The Bertz CT molecular complexity index is 366. The van der Waals surface area contributed by atoms with E-state index in [-0.39, 0.29) is 0 Å². The van der Waals surface area contributed by atoms with Crippen LogP contribution in [0.15, 0.2) is 6.07 Å². The Morgan fingerprint density at radius 3 is 2.57 bits per heavy atom. The van der Waals surface area contributed by atoms with E-state index in [9.17, 15) is 13.6 Å². The Balaban J connectivity index is 3.47. The molecule has 0 aliphatic heterocycles. The molecule has 0 atom stereocenters. The molecule has 0 unspecified atom stereocenters. The van der Waals surface area contributed by atoms with E-state index in [0.717, 1.165) is 7.11 Å². The zero-order valence-corrected chi connectivity index (χ0v) is 7.17. The van der Waals surface area contributed by atoms with Crippen LogP contribution in [0.3, 0.4) is 0 Å². The van der Waals surface area contributed by atoms with Crippen molar-refractivity contribution in [2.75, 3.05) is 12.8 Å². The van der Waals surface area contributed by atoms with Crippen LogP contribution in [0.4, 0.5) is 14.5 Å². The molecule has 14 heavy (non-hydrogen) atoms. The molecule has 0 spiro atoms. The van der Waals surface area contributed by atoms with Gasteiger partial charge in [-0.15, -0.1) is 0 Å². The summed E-state index contributed by atoms with van der Waals surface area (Å²) in [7, 11) is 0.960. The number of nitrogens with two attached hydrogens (primary N) is 1. The van der Waals surface area contributed by atoms with Crippen LogP contribution >= 0.6 is 0 Å². The molecule has 0 saturated heterocycles. The molecule has 76 valence electrons. The molecule has 0 fully saturated rings. The molecule has 0 amide bonds. The number of nitrogen functional groups attached to an aromatic ring is 1. The van der Waals surface area contributed by atoms with E-state index >= 15 is 0 Å². The molecule has 1 aromatic rings. The summed E-state index contributed by atoms with van der Waals surface area (Å²) in [6.45, 7) is 0. The predicted molar refractivity (Wildman–Crippen MR) is 43.8 cm³/mol. The number of aromatic hydroxyl groups is 1. The second kappa shape index (κ2) is 3.49. The minimum Gasteiger partial charge on any atom is -0.505 e. The summed E-state index contributed by atoms with van der Waals surface area (Å²) in [5, 5.41) is 8.92. The molecule has 0 radical (unpaired) electrons. The number of carbonyl (C=O) groups is 1. The number of methoxy groups -OCH3 is 1. The highest BCUT2D eigenvalue weighted by molar-refractivity contribution is 5.91. The van der Waals surface area contributed by atoms with Gasteiger partial charge in [-0.2, -0.15) is 0 Å². The number of benzene rings is 1. The van der Waals surface area contributed by atoms with E-state index in [2.05, 4.69) is 4.74 Å². The fourth-order valence-corrected chi connectivity index (χ4v) is 0.924. The Morgan fingerprint density at radius 2 is 2.07 bits per heavy atom. The van der Waals surface area contributed by atoms with Crippen molar-refractivity contribution in [1.82, 2.24) is 0 Å². The molecule has 1 aromatic carbocycles. The third-order valence-corrected chi connectivity index (χ3v) is 1.60. The Labute approximate surface area is 77.9 Å². The van der Waals surface area contributed by atoms with E-state index in [1.807, 2.05) is 0 Å². The van der Waals surface area contributed by atoms with E-state index in [4.69, 9.17) is 10.8 Å². The highest BCUT2D eigenvalue weighted by atomic mass is 19.1. The summed E-state index contributed by atoms with van der Waals surface area (Å²) in [6, 6.07) is 0.678. The highest BCUT2D eigenvalue weighted by Crippen LogP contribution is 2.27. The zero-order chi connectivity index (χ0) is 10.9. The maximum atomic E-state index is 13.1. The Morgan fingerprint density at radius 1 is 1.50 bits per heavy atom. The number of esters is 1. The van der Waals surface area contributed by atoms with Gasteiger partial charge in [0.2, 0.25) is 0 Å². The van der Waals surface area contributed by atoms with Gasteiger partial charge in [0.1, 0.15) is 5.56 Å². The van der Waals surface area contributed by atoms with Gasteiger partial charge in [-0.1, -0.05) is 0 Å². The van der Waals surface area contributed by atoms with Crippen LogP contribution in [0, 0.1) is 11.6 Å². The van der Waals surface area contributed by atoms with Gasteiger partial charge in [0.05, 0.1) is 12.8 Å². The zero-order valence-electron chi connectivity index (χ0n) is 7.17. The average Bonchev–Trinajstić information content (AvgIpc) is 2.15. The molecule has 0 heterocycles. The molecule has 1 rings (SSSR count). The molecule has 0 bridgehead atoms. The lowest BCUT2D eigenvalue weighted by atomic mass is 10.1. The Kier molecular flexibility index (Phi) is 2.55. The number of hydrogen-bond acceptors (Lipinski definition) is 4. The summed E-state index contributed by atoms with van der Waals surface area (Å²) >= 11 is 0. The average molecular weight is 203 g/mol. The first-order valence-electron chi connectivity index (χ1n) is 3.53. The number of anilines is 1. The second-order valence-electron chi connectivity index (χ2n) is 2.48. The van der Waals surface area contributed by atoms with Gasteiger partial charge in [-0.05, 0) is 0 Å². The summed E-state index contributed by atoms with van der Waals surface area (Å²) in [5.41, 5.74) is 3.55. The maximum Gasteiger partial charge on any atom is 0.344 e. The fourth-order valence-electron chi connectivity index (χ4n) is 0.924. The lowest BCUT2D eigenvalue weighted by Crippen LogP contribution is -2.10. The van der Waals surface area contributed by atoms with Crippen LogP contribution in [0.1, 0.15) is 10.4 Å². The van der Waals surface area contributed by atoms with Crippen molar-refractivity contribution in [3.8, 4) is 5.75 Å². The van der Waals surface area contributed by atoms with Crippen LogP contribution < -0.4 is 5.73 Å². The number of halogens is 2. The maximum absolute atomic E-state index is 13.1. The molecule has 6 heteroatoms. The summed E-state index contributed by atoms with van der Waals surface area (Å²) in [5.74, 6) is -4.76. The van der Waals surface area contributed by atoms with Crippen molar-refractivity contribution in [1.29, 1.82) is 0 Å². The standard InChI is InChI=1S/C8H7F2NO3/c1-14-8(13)5-6(9)3(11)2-4(12)7(5)10/h2,12H,11H2,1H3. The number of phenols is 1. The van der Waals surface area contributed by atoms with Crippen molar-refractivity contribution in [2.45, 2.75) is 0 Å². The van der Waals surface area contributed by atoms with Crippen molar-refractivity contribution in [3.63, 3.8) is 0 Å². The number of phenolic OH excluding ortho intramolecular Hbond substituents is 1. The molecule has 0 saturated carbocycles. The van der Waals surface area contributed by atoms with Crippen molar-refractivity contribution < 1.29 is 23.4 Å². The fraction of sp³-hybridized carbons (Fsp3) is 0.125. The highest BCUT2D eigenvalue weighted by Gasteiger charge is 2.23. The predicted octanol–water partition coefficient (Wildman–Crippen LogP) is 1.04. The Hall–Kier alpha value is -1.85. The number of hydrogen-bond donors (Lipinski definition) is 2. The minimum absolute atomic E-state index is 0.524.